The summed E-state index contributed by atoms with van der Waals surface area (Å²) in [6.45, 7) is 5.51. The normalized spacial score (nSPS) is 10.6. The molecule has 24 heavy (non-hydrogen) atoms. The van der Waals surface area contributed by atoms with Gasteiger partial charge in [0.2, 0.25) is 0 Å². The highest BCUT2D eigenvalue weighted by Gasteiger charge is 2.16. The second-order valence-electron chi connectivity index (χ2n) is 5.65. The van der Waals surface area contributed by atoms with Gasteiger partial charge in [-0.05, 0) is 31.5 Å². The third-order valence-corrected chi connectivity index (χ3v) is 3.96. The van der Waals surface area contributed by atoms with Crippen molar-refractivity contribution in [1.82, 2.24) is 9.55 Å². The Morgan fingerprint density at radius 3 is 2.71 bits per heavy atom. The summed E-state index contributed by atoms with van der Waals surface area (Å²) in [4.78, 5) is 4.49. The summed E-state index contributed by atoms with van der Waals surface area (Å²) in [5.74, 6) is 2.32. The van der Waals surface area contributed by atoms with E-state index < -0.39 is 0 Å². The first-order valence-corrected chi connectivity index (χ1v) is 8.09. The zero-order valence-corrected chi connectivity index (χ0v) is 14.3. The van der Waals surface area contributed by atoms with E-state index in [4.69, 9.17) is 9.47 Å². The quantitative estimate of drug-likeness (QED) is 0.672. The van der Waals surface area contributed by atoms with Crippen LogP contribution in [0.25, 0.3) is 11.4 Å². The number of para-hydroxylation sites is 1. The van der Waals surface area contributed by atoms with Crippen molar-refractivity contribution in [2.45, 2.75) is 27.0 Å². The average molecular weight is 322 g/mol. The van der Waals surface area contributed by atoms with E-state index in [0.29, 0.717) is 12.4 Å². The molecule has 0 bridgehead atoms. The van der Waals surface area contributed by atoms with Gasteiger partial charge in [0.25, 0.3) is 0 Å². The minimum absolute atomic E-state index is 0.488. The van der Waals surface area contributed by atoms with Gasteiger partial charge < -0.3 is 14.0 Å². The predicted molar refractivity (Wildman–Crippen MR) is 95.4 cm³/mol. The number of ether oxygens (including phenoxy) is 2. The molecule has 0 amide bonds. The summed E-state index contributed by atoms with van der Waals surface area (Å²) >= 11 is 0. The first kappa shape index (κ1) is 16.1. The number of methoxy groups -OCH3 is 1. The molecule has 4 heteroatoms. The molecule has 0 atom stereocenters. The van der Waals surface area contributed by atoms with Crippen molar-refractivity contribution >= 4 is 0 Å². The van der Waals surface area contributed by atoms with Gasteiger partial charge in [0.1, 0.15) is 12.4 Å². The molecule has 0 aliphatic rings. The van der Waals surface area contributed by atoms with Gasteiger partial charge in [0.05, 0.1) is 12.7 Å². The monoisotopic (exact) mass is 322 g/mol. The molecule has 4 nitrogen and oxygen atoms in total. The van der Waals surface area contributed by atoms with E-state index in [2.05, 4.69) is 41.6 Å². The molecule has 0 unspecified atom stereocenters. The third kappa shape index (κ3) is 3.27. The molecule has 0 N–H and O–H groups in total. The lowest BCUT2D eigenvalue weighted by Gasteiger charge is -2.16. The fraction of sp³-hybridized carbons (Fsp3) is 0.250. The maximum atomic E-state index is 6.15. The van der Waals surface area contributed by atoms with Gasteiger partial charge >= 0.3 is 0 Å². The first-order chi connectivity index (χ1) is 11.7. The van der Waals surface area contributed by atoms with Crippen LogP contribution in [-0.4, -0.2) is 16.7 Å². The Hall–Kier alpha value is -2.75. The predicted octanol–water partition coefficient (Wildman–Crippen LogP) is 4.47. The van der Waals surface area contributed by atoms with Crippen molar-refractivity contribution in [3.05, 3.63) is 66.0 Å². The van der Waals surface area contributed by atoms with E-state index in [9.17, 15) is 0 Å². The number of hydrogen-bond donors (Lipinski definition) is 0. The van der Waals surface area contributed by atoms with E-state index in [1.54, 1.807) is 7.11 Å². The van der Waals surface area contributed by atoms with E-state index in [-0.39, 0.29) is 0 Å². The van der Waals surface area contributed by atoms with Crippen LogP contribution < -0.4 is 9.47 Å². The van der Waals surface area contributed by atoms with E-state index in [1.807, 2.05) is 36.7 Å². The summed E-state index contributed by atoms with van der Waals surface area (Å²) in [5, 5.41) is 0. The van der Waals surface area contributed by atoms with Crippen LogP contribution in [0.3, 0.4) is 0 Å². The van der Waals surface area contributed by atoms with Gasteiger partial charge in [-0.15, -0.1) is 0 Å². The van der Waals surface area contributed by atoms with Crippen LogP contribution in [0, 0.1) is 6.92 Å². The summed E-state index contributed by atoms with van der Waals surface area (Å²) in [7, 11) is 1.66. The number of benzene rings is 2. The lowest BCUT2D eigenvalue weighted by atomic mass is 10.1. The van der Waals surface area contributed by atoms with E-state index in [0.717, 1.165) is 29.2 Å². The molecule has 0 fully saturated rings. The Kier molecular flexibility index (Phi) is 4.85. The molecule has 3 aromatic rings. The molecule has 1 aromatic heterocycles. The lowest BCUT2D eigenvalue weighted by Crippen LogP contribution is -2.02. The van der Waals surface area contributed by atoms with Crippen molar-refractivity contribution < 1.29 is 9.47 Å². The van der Waals surface area contributed by atoms with Gasteiger partial charge in [-0.1, -0.05) is 35.9 Å². The molecule has 0 spiro atoms. The van der Waals surface area contributed by atoms with Crippen molar-refractivity contribution in [3.63, 3.8) is 0 Å². The number of nitrogens with zero attached hydrogens (tertiary/aromatic N) is 2. The Morgan fingerprint density at radius 2 is 1.96 bits per heavy atom. The minimum Gasteiger partial charge on any atom is -0.493 e. The zero-order valence-electron chi connectivity index (χ0n) is 14.3. The molecule has 0 aliphatic heterocycles. The molecule has 124 valence electrons. The number of hydrogen-bond acceptors (Lipinski definition) is 3. The Morgan fingerprint density at radius 1 is 1.12 bits per heavy atom. The average Bonchev–Trinajstić information content (AvgIpc) is 3.08. The molecule has 0 aliphatic carbocycles. The van der Waals surface area contributed by atoms with Crippen LogP contribution in [0.1, 0.15) is 18.1 Å². The smallest absolute Gasteiger partial charge is 0.172 e. The topological polar surface area (TPSA) is 36.3 Å². The standard InChI is InChI=1S/C20H22N2O2/c1-4-22-12-11-21-20(22)17-9-6-10-18(23-3)19(17)24-14-16-8-5-7-15(2)13-16/h5-13H,4,14H2,1-3H3. The highest BCUT2D eigenvalue weighted by molar-refractivity contribution is 5.69. The molecule has 0 saturated carbocycles. The van der Waals surface area contributed by atoms with Crippen LogP contribution in [0.15, 0.2) is 54.9 Å². The van der Waals surface area contributed by atoms with Crippen molar-refractivity contribution in [2.24, 2.45) is 0 Å². The van der Waals surface area contributed by atoms with Crippen LogP contribution in [-0.2, 0) is 13.2 Å². The highest BCUT2D eigenvalue weighted by Crippen LogP contribution is 2.37. The molecular weight excluding hydrogens is 300 g/mol. The fourth-order valence-electron chi connectivity index (χ4n) is 2.77. The van der Waals surface area contributed by atoms with Crippen LogP contribution in [0.4, 0.5) is 0 Å². The zero-order chi connectivity index (χ0) is 16.9. The summed E-state index contributed by atoms with van der Waals surface area (Å²) in [6, 6.07) is 14.2. The number of aryl methyl sites for hydroxylation is 2. The lowest BCUT2D eigenvalue weighted by molar-refractivity contribution is 0.285. The van der Waals surface area contributed by atoms with Gasteiger partial charge in [-0.3, -0.25) is 0 Å². The summed E-state index contributed by atoms with van der Waals surface area (Å²) < 4.78 is 13.7. The maximum absolute atomic E-state index is 6.15. The van der Waals surface area contributed by atoms with E-state index >= 15 is 0 Å². The first-order valence-electron chi connectivity index (χ1n) is 8.09. The van der Waals surface area contributed by atoms with Gasteiger partial charge in [-0.2, -0.15) is 0 Å². The number of aromatic nitrogens is 2. The van der Waals surface area contributed by atoms with Crippen LogP contribution >= 0.6 is 0 Å². The third-order valence-electron chi connectivity index (χ3n) is 3.96. The van der Waals surface area contributed by atoms with Crippen LogP contribution in [0.2, 0.25) is 0 Å². The number of imidazole rings is 1. The van der Waals surface area contributed by atoms with E-state index in [1.165, 1.54) is 5.56 Å². The Labute approximate surface area is 142 Å². The molecule has 0 radical (unpaired) electrons. The van der Waals surface area contributed by atoms with Crippen LogP contribution in [0.5, 0.6) is 11.5 Å². The van der Waals surface area contributed by atoms with Crippen molar-refractivity contribution in [2.75, 3.05) is 7.11 Å². The molecule has 1 heterocycles. The van der Waals surface area contributed by atoms with Gasteiger partial charge in [0.15, 0.2) is 11.5 Å². The van der Waals surface area contributed by atoms with Crippen molar-refractivity contribution in [3.8, 4) is 22.9 Å². The molecule has 2 aromatic carbocycles. The molecule has 0 saturated heterocycles. The largest absolute Gasteiger partial charge is 0.493 e. The molecular formula is C20H22N2O2. The maximum Gasteiger partial charge on any atom is 0.172 e. The fourth-order valence-corrected chi connectivity index (χ4v) is 2.77. The second-order valence-corrected chi connectivity index (χ2v) is 5.65. The molecule has 3 rings (SSSR count). The number of rotatable bonds is 6. The summed E-state index contributed by atoms with van der Waals surface area (Å²) in [6.07, 6.45) is 3.78. The Bertz CT molecular complexity index is 824. The second kappa shape index (κ2) is 7.21. The van der Waals surface area contributed by atoms with Crippen molar-refractivity contribution in [1.29, 1.82) is 0 Å². The Balaban J connectivity index is 1.96. The van der Waals surface area contributed by atoms with Gasteiger partial charge in [-0.25, -0.2) is 4.98 Å². The highest BCUT2D eigenvalue weighted by atomic mass is 16.5. The van der Waals surface area contributed by atoms with Gasteiger partial charge in [0, 0.05) is 18.9 Å². The minimum atomic E-state index is 0.488. The summed E-state index contributed by atoms with van der Waals surface area (Å²) in [5.41, 5.74) is 3.29. The SMILES string of the molecule is CCn1ccnc1-c1cccc(OC)c1OCc1cccc(C)c1.